The summed E-state index contributed by atoms with van der Waals surface area (Å²) < 4.78 is 4.82. The standard InChI is InChI=1S/C16H17NO3/c1-12(18)11-20-16(19)17-15-9-7-14(8-10-15)13-5-3-2-4-6-13/h2-10,12,18H,11H2,1H3,(H,17,19). The number of amides is 1. The fourth-order valence-corrected chi connectivity index (χ4v) is 1.73. The van der Waals surface area contributed by atoms with E-state index < -0.39 is 12.2 Å². The maximum Gasteiger partial charge on any atom is 0.411 e. The molecule has 2 N–H and O–H groups in total. The van der Waals surface area contributed by atoms with Crippen molar-refractivity contribution < 1.29 is 14.6 Å². The van der Waals surface area contributed by atoms with Gasteiger partial charge in [-0.1, -0.05) is 42.5 Å². The zero-order valence-electron chi connectivity index (χ0n) is 11.2. The summed E-state index contributed by atoms with van der Waals surface area (Å²) in [7, 11) is 0. The van der Waals surface area contributed by atoms with Crippen LogP contribution in [0.2, 0.25) is 0 Å². The molecule has 2 aromatic rings. The Balaban J connectivity index is 1.97. The largest absolute Gasteiger partial charge is 0.447 e. The molecule has 0 aliphatic heterocycles. The van der Waals surface area contributed by atoms with Gasteiger partial charge in [0.15, 0.2) is 0 Å². The van der Waals surface area contributed by atoms with Crippen molar-refractivity contribution in [1.29, 1.82) is 0 Å². The minimum absolute atomic E-state index is 0.0199. The van der Waals surface area contributed by atoms with Gasteiger partial charge in [0.05, 0.1) is 6.10 Å². The van der Waals surface area contributed by atoms with Crippen LogP contribution in [-0.2, 0) is 4.74 Å². The molecule has 1 amide bonds. The number of anilines is 1. The summed E-state index contributed by atoms with van der Waals surface area (Å²) >= 11 is 0. The van der Waals surface area contributed by atoms with Crippen molar-refractivity contribution in [2.24, 2.45) is 0 Å². The van der Waals surface area contributed by atoms with Crippen LogP contribution in [0.5, 0.6) is 0 Å². The lowest BCUT2D eigenvalue weighted by Gasteiger charge is -2.09. The third-order valence-electron chi connectivity index (χ3n) is 2.69. The number of ether oxygens (including phenoxy) is 1. The second-order valence-electron chi connectivity index (χ2n) is 4.52. The molecule has 0 radical (unpaired) electrons. The van der Waals surface area contributed by atoms with Crippen molar-refractivity contribution >= 4 is 11.8 Å². The van der Waals surface area contributed by atoms with E-state index in [0.717, 1.165) is 11.1 Å². The van der Waals surface area contributed by atoms with Gasteiger partial charge in [-0.2, -0.15) is 0 Å². The van der Waals surface area contributed by atoms with E-state index in [-0.39, 0.29) is 6.61 Å². The molecule has 104 valence electrons. The Morgan fingerprint density at radius 1 is 1.10 bits per heavy atom. The number of hydrogen-bond donors (Lipinski definition) is 2. The highest BCUT2D eigenvalue weighted by Gasteiger charge is 2.05. The van der Waals surface area contributed by atoms with Gasteiger partial charge in [-0.15, -0.1) is 0 Å². The van der Waals surface area contributed by atoms with Crippen molar-refractivity contribution in [2.45, 2.75) is 13.0 Å². The summed E-state index contributed by atoms with van der Waals surface area (Å²) in [5, 5.41) is 11.6. The van der Waals surface area contributed by atoms with Crippen molar-refractivity contribution in [1.82, 2.24) is 0 Å². The Morgan fingerprint density at radius 2 is 1.70 bits per heavy atom. The average molecular weight is 271 g/mol. The average Bonchev–Trinajstić information content (AvgIpc) is 2.47. The molecule has 0 saturated heterocycles. The highest BCUT2D eigenvalue weighted by Crippen LogP contribution is 2.20. The van der Waals surface area contributed by atoms with Crippen molar-refractivity contribution in [3.8, 4) is 11.1 Å². The molecule has 0 aliphatic rings. The number of aliphatic hydroxyl groups excluding tert-OH is 1. The van der Waals surface area contributed by atoms with Crippen molar-refractivity contribution in [3.05, 3.63) is 54.6 Å². The van der Waals surface area contributed by atoms with Crippen LogP contribution in [0.3, 0.4) is 0 Å². The van der Waals surface area contributed by atoms with Gasteiger partial charge >= 0.3 is 6.09 Å². The number of carbonyl (C=O) groups excluding carboxylic acids is 1. The predicted molar refractivity (Wildman–Crippen MR) is 78.5 cm³/mol. The van der Waals surface area contributed by atoms with Gasteiger partial charge in [0.2, 0.25) is 0 Å². The van der Waals surface area contributed by atoms with Crippen LogP contribution in [0.25, 0.3) is 11.1 Å². The molecule has 0 fully saturated rings. The first-order chi connectivity index (χ1) is 9.65. The fraction of sp³-hybridized carbons (Fsp3) is 0.188. The monoisotopic (exact) mass is 271 g/mol. The summed E-state index contributed by atoms with van der Waals surface area (Å²) in [6, 6.07) is 17.5. The van der Waals surface area contributed by atoms with E-state index in [2.05, 4.69) is 5.32 Å². The third kappa shape index (κ3) is 4.10. The van der Waals surface area contributed by atoms with E-state index in [4.69, 9.17) is 9.84 Å². The van der Waals surface area contributed by atoms with Gasteiger partial charge in [-0.05, 0) is 30.2 Å². The Hall–Kier alpha value is -2.33. The molecule has 0 saturated carbocycles. The SMILES string of the molecule is CC(O)COC(=O)Nc1ccc(-c2ccccc2)cc1. The third-order valence-corrected chi connectivity index (χ3v) is 2.69. The maximum absolute atomic E-state index is 11.4. The van der Waals surface area contributed by atoms with Gasteiger partial charge in [-0.25, -0.2) is 4.79 Å². The first-order valence-electron chi connectivity index (χ1n) is 6.42. The molecule has 1 unspecified atom stereocenters. The highest BCUT2D eigenvalue weighted by molar-refractivity contribution is 5.85. The van der Waals surface area contributed by atoms with Crippen molar-refractivity contribution in [2.75, 3.05) is 11.9 Å². The van der Waals surface area contributed by atoms with Crippen LogP contribution < -0.4 is 5.32 Å². The summed E-state index contributed by atoms with van der Waals surface area (Å²) in [6.45, 7) is 1.54. The van der Waals surface area contributed by atoms with E-state index in [1.54, 1.807) is 6.92 Å². The van der Waals surface area contributed by atoms with Gasteiger partial charge in [0.1, 0.15) is 6.61 Å². The quantitative estimate of drug-likeness (QED) is 0.897. The summed E-state index contributed by atoms with van der Waals surface area (Å²) in [6.07, 6.45) is -1.24. The van der Waals surface area contributed by atoms with Crippen LogP contribution in [0, 0.1) is 0 Å². The number of carbonyl (C=O) groups is 1. The van der Waals surface area contributed by atoms with Crippen LogP contribution >= 0.6 is 0 Å². The highest BCUT2D eigenvalue weighted by atomic mass is 16.6. The summed E-state index contributed by atoms with van der Waals surface area (Å²) in [4.78, 5) is 11.4. The van der Waals surface area contributed by atoms with Gasteiger partial charge in [-0.3, -0.25) is 5.32 Å². The minimum atomic E-state index is -0.666. The van der Waals surface area contributed by atoms with E-state index >= 15 is 0 Å². The van der Waals surface area contributed by atoms with Gasteiger partial charge < -0.3 is 9.84 Å². The molecule has 20 heavy (non-hydrogen) atoms. The second kappa shape index (κ2) is 6.73. The van der Waals surface area contributed by atoms with E-state index in [1.165, 1.54) is 0 Å². The minimum Gasteiger partial charge on any atom is -0.447 e. The topological polar surface area (TPSA) is 58.6 Å². The fourth-order valence-electron chi connectivity index (χ4n) is 1.73. The van der Waals surface area contributed by atoms with Crippen LogP contribution in [0.4, 0.5) is 10.5 Å². The van der Waals surface area contributed by atoms with Crippen LogP contribution in [-0.4, -0.2) is 23.9 Å². The van der Waals surface area contributed by atoms with E-state index in [0.29, 0.717) is 5.69 Å². The molecule has 0 aromatic heterocycles. The zero-order valence-corrected chi connectivity index (χ0v) is 11.2. The predicted octanol–water partition coefficient (Wildman–Crippen LogP) is 3.28. The zero-order chi connectivity index (χ0) is 14.4. The van der Waals surface area contributed by atoms with Crippen LogP contribution in [0.15, 0.2) is 54.6 Å². The van der Waals surface area contributed by atoms with Gasteiger partial charge in [0.25, 0.3) is 0 Å². The first kappa shape index (κ1) is 14.1. The second-order valence-corrected chi connectivity index (χ2v) is 4.52. The lowest BCUT2D eigenvalue weighted by atomic mass is 10.1. The smallest absolute Gasteiger partial charge is 0.411 e. The van der Waals surface area contributed by atoms with Crippen molar-refractivity contribution in [3.63, 3.8) is 0 Å². The Morgan fingerprint density at radius 3 is 2.30 bits per heavy atom. The number of nitrogens with one attached hydrogen (secondary N) is 1. The van der Waals surface area contributed by atoms with E-state index in [9.17, 15) is 4.79 Å². The molecule has 4 heteroatoms. The number of benzene rings is 2. The number of rotatable bonds is 4. The molecule has 2 aromatic carbocycles. The molecule has 1 atom stereocenters. The Bertz CT molecular complexity index is 550. The van der Waals surface area contributed by atoms with Gasteiger partial charge in [0, 0.05) is 5.69 Å². The summed E-state index contributed by atoms with van der Waals surface area (Å²) in [5.41, 5.74) is 2.85. The number of hydrogen-bond acceptors (Lipinski definition) is 3. The Labute approximate surface area is 118 Å². The molecule has 0 bridgehead atoms. The molecule has 0 heterocycles. The lowest BCUT2D eigenvalue weighted by Crippen LogP contribution is -2.19. The number of aliphatic hydroxyl groups is 1. The molecule has 0 spiro atoms. The molecular formula is C16H17NO3. The molecule has 0 aliphatic carbocycles. The lowest BCUT2D eigenvalue weighted by molar-refractivity contribution is 0.0858. The molecule has 4 nitrogen and oxygen atoms in total. The molecule has 2 rings (SSSR count). The summed E-state index contributed by atoms with van der Waals surface area (Å²) in [5.74, 6) is 0. The maximum atomic E-state index is 11.4. The first-order valence-corrected chi connectivity index (χ1v) is 6.42. The Kier molecular flexibility index (Phi) is 4.74. The van der Waals surface area contributed by atoms with Crippen LogP contribution in [0.1, 0.15) is 6.92 Å². The normalized spacial score (nSPS) is 11.7. The van der Waals surface area contributed by atoms with E-state index in [1.807, 2.05) is 54.6 Å². The molecular weight excluding hydrogens is 254 g/mol.